The molecule has 4 rings (SSSR count). The van der Waals surface area contributed by atoms with Gasteiger partial charge in [-0.2, -0.15) is 0 Å². The van der Waals surface area contributed by atoms with Crippen LogP contribution in [0.25, 0.3) is 11.5 Å². The minimum Gasteiger partial charge on any atom is -0.455 e. The molecule has 1 saturated carbocycles. The molecule has 0 radical (unpaired) electrons. The molecule has 3 aromatic rings. The number of nitrogens with zero attached hydrogens (tertiary/aromatic N) is 1. The van der Waals surface area contributed by atoms with E-state index in [1.807, 2.05) is 30.3 Å². The van der Waals surface area contributed by atoms with Crippen molar-refractivity contribution < 1.29 is 22.4 Å². The van der Waals surface area contributed by atoms with E-state index in [2.05, 4.69) is 9.71 Å². The summed E-state index contributed by atoms with van der Waals surface area (Å²) in [5.41, 5.74) is 1.58. The van der Waals surface area contributed by atoms with Gasteiger partial charge in [0.2, 0.25) is 15.9 Å². The minimum atomic E-state index is -3.54. The van der Waals surface area contributed by atoms with Crippen molar-refractivity contribution in [1.82, 2.24) is 9.71 Å². The van der Waals surface area contributed by atoms with Crippen molar-refractivity contribution >= 4 is 16.0 Å². The summed E-state index contributed by atoms with van der Waals surface area (Å²) in [5.74, 6) is -0.118. The van der Waals surface area contributed by atoms with Crippen LogP contribution in [0.4, 0.5) is 0 Å². The third-order valence-corrected chi connectivity index (χ3v) is 5.76. The van der Waals surface area contributed by atoms with Crippen molar-refractivity contribution in [3.8, 4) is 11.5 Å². The molecule has 0 saturated heterocycles. The fourth-order valence-corrected chi connectivity index (χ4v) is 3.87. The maximum Gasteiger partial charge on any atom is 0.338 e. The zero-order valence-corrected chi connectivity index (χ0v) is 15.7. The van der Waals surface area contributed by atoms with Gasteiger partial charge in [0.15, 0.2) is 0 Å². The molecular weight excluding hydrogens is 380 g/mol. The number of ether oxygens (including phenoxy) is 1. The fraction of sp³-hybridized carbons (Fsp3) is 0.200. The first-order chi connectivity index (χ1) is 13.5. The normalized spacial score (nSPS) is 14.0. The number of esters is 1. The van der Waals surface area contributed by atoms with E-state index in [0.717, 1.165) is 18.4 Å². The zero-order valence-electron chi connectivity index (χ0n) is 14.9. The van der Waals surface area contributed by atoms with E-state index in [1.54, 1.807) is 0 Å². The second-order valence-electron chi connectivity index (χ2n) is 6.51. The Labute approximate surface area is 162 Å². The topological polar surface area (TPSA) is 98.5 Å². The Balaban J connectivity index is 1.37. The van der Waals surface area contributed by atoms with Crippen LogP contribution in [0.15, 0.2) is 70.2 Å². The van der Waals surface area contributed by atoms with Gasteiger partial charge in [0.05, 0.1) is 10.5 Å². The monoisotopic (exact) mass is 398 g/mol. The molecule has 144 valence electrons. The highest BCUT2D eigenvalue weighted by Crippen LogP contribution is 2.22. The average molecular weight is 398 g/mol. The molecule has 0 amide bonds. The maximum atomic E-state index is 12.2. The summed E-state index contributed by atoms with van der Waals surface area (Å²) in [7, 11) is -3.54. The van der Waals surface area contributed by atoms with Crippen LogP contribution in [-0.4, -0.2) is 25.4 Å². The van der Waals surface area contributed by atoms with Crippen LogP contribution in [0.3, 0.4) is 0 Å². The Morgan fingerprint density at radius 1 is 1.11 bits per heavy atom. The first kappa shape index (κ1) is 18.4. The van der Waals surface area contributed by atoms with E-state index in [4.69, 9.17) is 9.15 Å². The summed E-state index contributed by atoms with van der Waals surface area (Å²) in [6.07, 6.45) is 3.16. The van der Waals surface area contributed by atoms with Gasteiger partial charge < -0.3 is 9.15 Å². The van der Waals surface area contributed by atoms with Gasteiger partial charge in [-0.25, -0.2) is 22.9 Å². The van der Waals surface area contributed by atoms with Crippen LogP contribution in [0.1, 0.15) is 28.9 Å². The van der Waals surface area contributed by atoms with E-state index in [1.165, 1.54) is 30.5 Å². The van der Waals surface area contributed by atoms with Gasteiger partial charge in [0.25, 0.3) is 0 Å². The minimum absolute atomic E-state index is 0.0258. The van der Waals surface area contributed by atoms with Gasteiger partial charge in [0, 0.05) is 11.6 Å². The highest BCUT2D eigenvalue weighted by molar-refractivity contribution is 7.89. The van der Waals surface area contributed by atoms with Crippen molar-refractivity contribution in [2.24, 2.45) is 0 Å². The lowest BCUT2D eigenvalue weighted by Crippen LogP contribution is -2.25. The van der Waals surface area contributed by atoms with Gasteiger partial charge in [-0.15, -0.1) is 0 Å². The van der Waals surface area contributed by atoms with Crippen LogP contribution in [0.5, 0.6) is 0 Å². The highest BCUT2D eigenvalue weighted by atomic mass is 32.2. The van der Waals surface area contributed by atoms with E-state index >= 15 is 0 Å². The molecule has 28 heavy (non-hydrogen) atoms. The smallest absolute Gasteiger partial charge is 0.338 e. The van der Waals surface area contributed by atoms with Crippen LogP contribution >= 0.6 is 0 Å². The number of carbonyl (C=O) groups is 1. The molecule has 1 fully saturated rings. The number of sulfonamides is 1. The third-order valence-electron chi connectivity index (χ3n) is 4.22. The quantitative estimate of drug-likeness (QED) is 0.614. The molecule has 0 spiro atoms. The van der Waals surface area contributed by atoms with Gasteiger partial charge in [-0.3, -0.25) is 0 Å². The molecule has 8 heteroatoms. The standard InChI is InChI=1S/C20H18N2O5S/c23-20(15-6-10-18(11-7-15)28(24,25)22-16-8-9-16)27-13-17-12-26-19(21-17)14-4-2-1-3-5-14/h1-7,10-12,16,22H,8-9,13H2. The molecule has 2 aromatic carbocycles. The molecule has 1 aliphatic rings. The number of benzene rings is 2. The number of aromatic nitrogens is 1. The molecule has 0 bridgehead atoms. The Morgan fingerprint density at radius 2 is 1.82 bits per heavy atom. The number of rotatable bonds is 7. The molecule has 1 heterocycles. The second-order valence-corrected chi connectivity index (χ2v) is 8.22. The van der Waals surface area contributed by atoms with E-state index in [9.17, 15) is 13.2 Å². The molecule has 1 N–H and O–H groups in total. The van der Waals surface area contributed by atoms with Crippen LogP contribution < -0.4 is 4.72 Å². The molecular formula is C20H18N2O5S. The number of oxazole rings is 1. The molecule has 0 atom stereocenters. The Morgan fingerprint density at radius 3 is 2.50 bits per heavy atom. The summed E-state index contributed by atoms with van der Waals surface area (Å²) >= 11 is 0. The maximum absolute atomic E-state index is 12.2. The lowest BCUT2D eigenvalue weighted by atomic mass is 10.2. The van der Waals surface area contributed by atoms with Crippen LogP contribution in [0.2, 0.25) is 0 Å². The van der Waals surface area contributed by atoms with Crippen molar-refractivity contribution in [2.45, 2.75) is 30.4 Å². The Hall–Kier alpha value is -2.97. The summed E-state index contributed by atoms with van der Waals surface area (Å²) in [4.78, 5) is 16.6. The zero-order chi connectivity index (χ0) is 19.6. The van der Waals surface area contributed by atoms with Gasteiger partial charge in [-0.05, 0) is 49.2 Å². The first-order valence-corrected chi connectivity index (χ1v) is 10.3. The molecule has 7 nitrogen and oxygen atoms in total. The second kappa shape index (κ2) is 7.57. The highest BCUT2D eigenvalue weighted by Gasteiger charge is 2.28. The van der Waals surface area contributed by atoms with Gasteiger partial charge >= 0.3 is 5.97 Å². The van der Waals surface area contributed by atoms with Gasteiger partial charge in [0.1, 0.15) is 18.6 Å². The Kier molecular flexibility index (Phi) is 4.97. The largest absolute Gasteiger partial charge is 0.455 e. The number of hydrogen-bond acceptors (Lipinski definition) is 6. The summed E-state index contributed by atoms with van der Waals surface area (Å²) in [6, 6.07) is 15.1. The predicted octanol–water partition coefficient (Wildman–Crippen LogP) is 3.14. The van der Waals surface area contributed by atoms with Crippen molar-refractivity contribution in [3.05, 3.63) is 72.1 Å². The lowest BCUT2D eigenvalue weighted by Gasteiger charge is -2.06. The van der Waals surface area contributed by atoms with E-state index in [0.29, 0.717) is 11.6 Å². The summed E-state index contributed by atoms with van der Waals surface area (Å²) in [6.45, 7) is -0.0432. The molecule has 1 aromatic heterocycles. The van der Waals surface area contributed by atoms with Crippen molar-refractivity contribution in [1.29, 1.82) is 0 Å². The molecule has 1 aliphatic carbocycles. The van der Waals surface area contributed by atoms with Crippen molar-refractivity contribution in [3.63, 3.8) is 0 Å². The first-order valence-electron chi connectivity index (χ1n) is 8.80. The number of hydrogen-bond donors (Lipinski definition) is 1. The summed E-state index contributed by atoms with van der Waals surface area (Å²) in [5, 5.41) is 0. The van der Waals surface area contributed by atoms with Crippen LogP contribution in [0, 0.1) is 0 Å². The summed E-state index contributed by atoms with van der Waals surface area (Å²) < 4.78 is 37.5. The number of carbonyl (C=O) groups excluding carboxylic acids is 1. The van der Waals surface area contributed by atoms with Gasteiger partial charge in [-0.1, -0.05) is 18.2 Å². The predicted molar refractivity (Wildman–Crippen MR) is 101 cm³/mol. The van der Waals surface area contributed by atoms with Crippen LogP contribution in [-0.2, 0) is 21.4 Å². The lowest BCUT2D eigenvalue weighted by molar-refractivity contribution is 0.0467. The Bertz CT molecular complexity index is 1070. The number of nitrogens with one attached hydrogen (secondary N) is 1. The average Bonchev–Trinajstić information content (AvgIpc) is 3.39. The molecule has 0 aliphatic heterocycles. The van der Waals surface area contributed by atoms with E-state index < -0.39 is 16.0 Å². The SMILES string of the molecule is O=C(OCc1coc(-c2ccccc2)n1)c1ccc(S(=O)(=O)NC2CC2)cc1. The molecule has 0 unspecified atom stereocenters. The fourth-order valence-electron chi connectivity index (χ4n) is 2.57. The van der Waals surface area contributed by atoms with Crippen molar-refractivity contribution in [2.75, 3.05) is 0 Å². The third kappa shape index (κ3) is 4.29. The van der Waals surface area contributed by atoms with E-state index in [-0.39, 0.29) is 23.1 Å².